The molecule has 1 rings (SSSR count). The summed E-state index contributed by atoms with van der Waals surface area (Å²) in [5, 5.41) is 0. The fraction of sp³-hybridized carbons (Fsp3) is 0.846. The SMILES string of the molecule is CCC[C@H](N)C(=O)N1CCCCC1C(=O)OCC. The summed E-state index contributed by atoms with van der Waals surface area (Å²) in [6.07, 6.45) is 4.09. The van der Waals surface area contributed by atoms with Crippen LogP contribution in [-0.2, 0) is 14.3 Å². The summed E-state index contributed by atoms with van der Waals surface area (Å²) in [6, 6.07) is -0.931. The van der Waals surface area contributed by atoms with Crippen molar-refractivity contribution in [3.8, 4) is 0 Å². The fourth-order valence-corrected chi connectivity index (χ4v) is 2.33. The number of hydrogen-bond acceptors (Lipinski definition) is 4. The summed E-state index contributed by atoms with van der Waals surface area (Å²) < 4.78 is 5.03. The van der Waals surface area contributed by atoms with Gasteiger partial charge in [0, 0.05) is 6.54 Å². The molecule has 1 aliphatic heterocycles. The highest BCUT2D eigenvalue weighted by molar-refractivity contribution is 5.87. The third kappa shape index (κ3) is 3.70. The molecule has 0 saturated carbocycles. The number of likely N-dealkylation sites (tertiary alicyclic amines) is 1. The number of carbonyl (C=O) groups excluding carboxylic acids is 2. The molecule has 1 saturated heterocycles. The number of esters is 1. The van der Waals surface area contributed by atoms with Crippen molar-refractivity contribution in [1.82, 2.24) is 4.90 Å². The van der Waals surface area contributed by atoms with E-state index in [1.54, 1.807) is 11.8 Å². The average Bonchev–Trinajstić information content (AvgIpc) is 2.38. The molecule has 104 valence electrons. The summed E-state index contributed by atoms with van der Waals surface area (Å²) in [7, 11) is 0. The highest BCUT2D eigenvalue weighted by Gasteiger charge is 2.34. The van der Waals surface area contributed by atoms with Crippen LogP contribution in [0.25, 0.3) is 0 Å². The molecule has 0 aromatic rings. The van der Waals surface area contributed by atoms with Gasteiger partial charge >= 0.3 is 5.97 Å². The molecule has 18 heavy (non-hydrogen) atoms. The number of nitrogens with two attached hydrogens (primary N) is 1. The molecule has 1 amide bonds. The lowest BCUT2D eigenvalue weighted by molar-refractivity contribution is -0.157. The molecule has 1 aliphatic rings. The Hall–Kier alpha value is -1.10. The van der Waals surface area contributed by atoms with Crippen LogP contribution in [0.1, 0.15) is 46.0 Å². The maximum Gasteiger partial charge on any atom is 0.328 e. The number of ether oxygens (including phenoxy) is 1. The highest BCUT2D eigenvalue weighted by atomic mass is 16.5. The minimum atomic E-state index is -0.495. The molecule has 0 spiro atoms. The maximum atomic E-state index is 12.2. The molecule has 1 fully saturated rings. The van der Waals surface area contributed by atoms with Crippen LogP contribution in [0.15, 0.2) is 0 Å². The third-order valence-electron chi connectivity index (χ3n) is 3.26. The highest BCUT2D eigenvalue weighted by Crippen LogP contribution is 2.19. The lowest BCUT2D eigenvalue weighted by atomic mass is 10.00. The van der Waals surface area contributed by atoms with Gasteiger partial charge in [0.05, 0.1) is 12.6 Å². The summed E-state index contributed by atoms with van der Waals surface area (Å²) >= 11 is 0. The fourth-order valence-electron chi connectivity index (χ4n) is 2.33. The van der Waals surface area contributed by atoms with Crippen molar-refractivity contribution in [3.63, 3.8) is 0 Å². The Labute approximate surface area is 109 Å². The van der Waals surface area contributed by atoms with E-state index in [0.717, 1.165) is 19.3 Å². The van der Waals surface area contributed by atoms with Crippen LogP contribution in [-0.4, -0.2) is 42.0 Å². The molecule has 5 heteroatoms. The lowest BCUT2D eigenvalue weighted by Crippen LogP contribution is -2.53. The Morgan fingerprint density at radius 3 is 2.72 bits per heavy atom. The first kappa shape index (κ1) is 15.0. The minimum absolute atomic E-state index is 0.116. The molecule has 0 radical (unpaired) electrons. The Morgan fingerprint density at radius 2 is 2.11 bits per heavy atom. The normalized spacial score (nSPS) is 21.5. The van der Waals surface area contributed by atoms with E-state index < -0.39 is 12.1 Å². The van der Waals surface area contributed by atoms with Gasteiger partial charge in [-0.2, -0.15) is 0 Å². The molecule has 0 aromatic carbocycles. The summed E-state index contributed by atoms with van der Waals surface area (Å²) in [5.74, 6) is -0.413. The molecule has 2 N–H and O–H groups in total. The molecule has 0 aliphatic carbocycles. The van der Waals surface area contributed by atoms with Gasteiger partial charge < -0.3 is 15.4 Å². The quantitative estimate of drug-likeness (QED) is 0.746. The molecular weight excluding hydrogens is 232 g/mol. The van der Waals surface area contributed by atoms with Gasteiger partial charge in [-0.05, 0) is 32.6 Å². The molecular formula is C13H24N2O3. The third-order valence-corrected chi connectivity index (χ3v) is 3.26. The van der Waals surface area contributed by atoms with Gasteiger partial charge in [0.2, 0.25) is 5.91 Å². The van der Waals surface area contributed by atoms with Crippen molar-refractivity contribution in [2.45, 2.75) is 58.0 Å². The van der Waals surface area contributed by atoms with Crippen molar-refractivity contribution in [2.75, 3.05) is 13.2 Å². The van der Waals surface area contributed by atoms with Crippen LogP contribution in [0.2, 0.25) is 0 Å². The zero-order chi connectivity index (χ0) is 13.5. The van der Waals surface area contributed by atoms with Crippen LogP contribution in [0.5, 0.6) is 0 Å². The summed E-state index contributed by atoms with van der Waals surface area (Å²) in [6.45, 7) is 4.72. The largest absolute Gasteiger partial charge is 0.464 e. The number of amides is 1. The molecule has 2 atom stereocenters. The zero-order valence-electron chi connectivity index (χ0n) is 11.4. The topological polar surface area (TPSA) is 72.6 Å². The van der Waals surface area contributed by atoms with Gasteiger partial charge in [0.1, 0.15) is 6.04 Å². The van der Waals surface area contributed by atoms with E-state index in [9.17, 15) is 9.59 Å². The minimum Gasteiger partial charge on any atom is -0.464 e. The zero-order valence-corrected chi connectivity index (χ0v) is 11.4. The van der Waals surface area contributed by atoms with Crippen LogP contribution in [0, 0.1) is 0 Å². The molecule has 1 heterocycles. The van der Waals surface area contributed by atoms with Crippen molar-refractivity contribution in [2.24, 2.45) is 5.73 Å². The number of carbonyl (C=O) groups is 2. The number of rotatable bonds is 5. The van der Waals surface area contributed by atoms with Gasteiger partial charge in [-0.15, -0.1) is 0 Å². The predicted octanol–water partition coefficient (Wildman–Crippen LogP) is 1.06. The van der Waals surface area contributed by atoms with E-state index in [4.69, 9.17) is 10.5 Å². The molecule has 1 unspecified atom stereocenters. The maximum absolute atomic E-state index is 12.2. The van der Waals surface area contributed by atoms with Crippen molar-refractivity contribution in [3.05, 3.63) is 0 Å². The first-order valence-electron chi connectivity index (χ1n) is 6.84. The average molecular weight is 256 g/mol. The Morgan fingerprint density at radius 1 is 1.39 bits per heavy atom. The van der Waals surface area contributed by atoms with E-state index in [-0.39, 0.29) is 11.9 Å². The van der Waals surface area contributed by atoms with E-state index in [0.29, 0.717) is 26.0 Å². The second-order valence-corrected chi connectivity index (χ2v) is 4.69. The van der Waals surface area contributed by atoms with Crippen molar-refractivity contribution >= 4 is 11.9 Å². The van der Waals surface area contributed by atoms with Crippen LogP contribution >= 0.6 is 0 Å². The smallest absolute Gasteiger partial charge is 0.328 e. The molecule has 0 aromatic heterocycles. The number of nitrogens with zero attached hydrogens (tertiary/aromatic N) is 1. The monoisotopic (exact) mass is 256 g/mol. The Balaban J connectivity index is 2.69. The Bertz CT molecular complexity index is 294. The van der Waals surface area contributed by atoms with E-state index >= 15 is 0 Å². The standard InChI is InChI=1S/C13H24N2O3/c1-3-7-10(14)12(16)15-9-6-5-8-11(15)13(17)18-4-2/h10-11H,3-9,14H2,1-2H3/t10-,11?/m0/s1. The number of hydrogen-bond donors (Lipinski definition) is 1. The van der Waals surface area contributed by atoms with E-state index in [2.05, 4.69) is 0 Å². The van der Waals surface area contributed by atoms with Gasteiger partial charge in [-0.25, -0.2) is 4.79 Å². The van der Waals surface area contributed by atoms with Crippen LogP contribution in [0.4, 0.5) is 0 Å². The first-order chi connectivity index (χ1) is 8.61. The second kappa shape index (κ2) is 7.36. The molecule has 5 nitrogen and oxygen atoms in total. The summed E-state index contributed by atoms with van der Waals surface area (Å²) in [4.78, 5) is 25.6. The van der Waals surface area contributed by atoms with Gasteiger partial charge in [0.15, 0.2) is 0 Å². The van der Waals surface area contributed by atoms with Gasteiger partial charge in [-0.1, -0.05) is 13.3 Å². The van der Waals surface area contributed by atoms with Gasteiger partial charge in [0.25, 0.3) is 0 Å². The van der Waals surface area contributed by atoms with Crippen molar-refractivity contribution < 1.29 is 14.3 Å². The molecule has 0 bridgehead atoms. The second-order valence-electron chi connectivity index (χ2n) is 4.69. The van der Waals surface area contributed by atoms with E-state index in [1.165, 1.54) is 0 Å². The lowest BCUT2D eigenvalue weighted by Gasteiger charge is -2.35. The van der Waals surface area contributed by atoms with Crippen LogP contribution < -0.4 is 5.73 Å². The number of piperidine rings is 1. The van der Waals surface area contributed by atoms with Gasteiger partial charge in [-0.3, -0.25) is 4.79 Å². The Kier molecular flexibility index (Phi) is 6.12. The summed E-state index contributed by atoms with van der Waals surface area (Å²) in [5.41, 5.74) is 5.85. The van der Waals surface area contributed by atoms with Crippen LogP contribution in [0.3, 0.4) is 0 Å². The predicted molar refractivity (Wildman–Crippen MR) is 68.9 cm³/mol. The van der Waals surface area contributed by atoms with E-state index in [1.807, 2.05) is 6.92 Å². The van der Waals surface area contributed by atoms with Crippen molar-refractivity contribution in [1.29, 1.82) is 0 Å². The first-order valence-corrected chi connectivity index (χ1v) is 6.84.